The smallest absolute Gasteiger partial charge is 0.322 e. The second-order valence-electron chi connectivity index (χ2n) is 5.55. The van der Waals surface area contributed by atoms with Crippen molar-refractivity contribution in [3.05, 3.63) is 28.3 Å². The summed E-state index contributed by atoms with van der Waals surface area (Å²) in [6, 6.07) is 2.73. The Hall–Kier alpha value is -1.26. The van der Waals surface area contributed by atoms with E-state index in [2.05, 4.69) is 4.74 Å². The zero-order chi connectivity index (χ0) is 14.8. The summed E-state index contributed by atoms with van der Waals surface area (Å²) < 4.78 is 4.57. The summed E-state index contributed by atoms with van der Waals surface area (Å²) in [6.07, 6.45) is 0.183. The van der Waals surface area contributed by atoms with Gasteiger partial charge in [0.05, 0.1) is 12.1 Å². The zero-order valence-corrected chi connectivity index (χ0v) is 12.4. The third-order valence-electron chi connectivity index (χ3n) is 2.95. The van der Waals surface area contributed by atoms with Gasteiger partial charge in [0.1, 0.15) is 11.8 Å². The molecular weight excluding hydrogens is 266 g/mol. The van der Waals surface area contributed by atoms with Crippen LogP contribution < -0.4 is 5.73 Å². The van der Waals surface area contributed by atoms with Crippen molar-refractivity contribution >= 4 is 17.6 Å². The van der Waals surface area contributed by atoms with E-state index in [1.807, 2.05) is 26.8 Å². The molecular formula is C14H20ClNO3. The molecule has 1 atom stereocenters. The topological polar surface area (TPSA) is 72.5 Å². The maximum atomic E-state index is 11.3. The van der Waals surface area contributed by atoms with E-state index in [1.165, 1.54) is 7.11 Å². The molecule has 0 aromatic heterocycles. The quantitative estimate of drug-likeness (QED) is 0.837. The third-order valence-corrected chi connectivity index (χ3v) is 3.24. The highest BCUT2D eigenvalue weighted by molar-refractivity contribution is 6.32. The summed E-state index contributed by atoms with van der Waals surface area (Å²) in [5.41, 5.74) is 7.13. The van der Waals surface area contributed by atoms with Gasteiger partial charge in [-0.25, -0.2) is 0 Å². The summed E-state index contributed by atoms with van der Waals surface area (Å²) in [5.74, 6) is -0.550. The molecule has 1 unspecified atom stereocenters. The standard InChI is InChI=1S/C14H20ClNO3/c1-14(2,3)9-5-8(12(17)10(15)7-9)6-11(16)13(18)19-4/h5,7,11,17H,6,16H2,1-4H3. The van der Waals surface area contributed by atoms with Gasteiger partial charge in [0.2, 0.25) is 0 Å². The Labute approximate surface area is 118 Å². The molecule has 0 fully saturated rings. The van der Waals surface area contributed by atoms with Crippen LogP contribution in [0.15, 0.2) is 12.1 Å². The van der Waals surface area contributed by atoms with Crippen LogP contribution in [0.25, 0.3) is 0 Å². The van der Waals surface area contributed by atoms with Crippen LogP contribution in [-0.2, 0) is 21.4 Å². The number of phenolic OH excluding ortho intramolecular Hbond substituents is 1. The van der Waals surface area contributed by atoms with Gasteiger partial charge in [0.25, 0.3) is 0 Å². The molecule has 0 aliphatic heterocycles. The van der Waals surface area contributed by atoms with Gasteiger partial charge in [0.15, 0.2) is 0 Å². The second kappa shape index (κ2) is 5.80. The lowest BCUT2D eigenvalue weighted by Gasteiger charge is -2.21. The molecule has 1 aromatic carbocycles. The van der Waals surface area contributed by atoms with Crippen LogP contribution in [0.1, 0.15) is 31.9 Å². The van der Waals surface area contributed by atoms with Gasteiger partial charge in [-0.05, 0) is 22.6 Å². The summed E-state index contributed by atoms with van der Waals surface area (Å²) in [7, 11) is 1.28. The van der Waals surface area contributed by atoms with Gasteiger partial charge in [-0.15, -0.1) is 0 Å². The van der Waals surface area contributed by atoms with Crippen molar-refractivity contribution in [2.24, 2.45) is 5.73 Å². The minimum Gasteiger partial charge on any atom is -0.506 e. The number of carbonyl (C=O) groups excluding carboxylic acids is 1. The Morgan fingerprint density at radius 3 is 2.53 bits per heavy atom. The Morgan fingerprint density at radius 2 is 2.05 bits per heavy atom. The predicted octanol–water partition coefficient (Wildman–Crippen LogP) is 2.39. The molecule has 0 heterocycles. The monoisotopic (exact) mass is 285 g/mol. The molecule has 0 radical (unpaired) electrons. The number of carbonyl (C=O) groups is 1. The molecule has 0 bridgehead atoms. The summed E-state index contributed by atoms with van der Waals surface area (Å²) >= 11 is 6.01. The van der Waals surface area contributed by atoms with Crippen molar-refractivity contribution in [3.63, 3.8) is 0 Å². The number of aromatic hydroxyl groups is 1. The molecule has 0 amide bonds. The molecule has 1 rings (SSSR count). The van der Waals surface area contributed by atoms with Gasteiger partial charge < -0.3 is 15.6 Å². The fourth-order valence-corrected chi connectivity index (χ4v) is 1.96. The van der Waals surface area contributed by atoms with Crippen molar-refractivity contribution in [1.82, 2.24) is 0 Å². The first-order chi connectivity index (χ1) is 8.66. The van der Waals surface area contributed by atoms with Crippen LogP contribution in [0.4, 0.5) is 0 Å². The predicted molar refractivity (Wildman–Crippen MR) is 75.5 cm³/mol. The van der Waals surface area contributed by atoms with E-state index in [9.17, 15) is 9.90 Å². The van der Waals surface area contributed by atoms with Crippen molar-refractivity contribution in [1.29, 1.82) is 0 Å². The summed E-state index contributed by atoms with van der Waals surface area (Å²) in [6.45, 7) is 6.12. The molecule has 5 heteroatoms. The van der Waals surface area contributed by atoms with Crippen LogP contribution in [-0.4, -0.2) is 24.2 Å². The molecule has 1 aromatic rings. The molecule has 106 valence electrons. The Morgan fingerprint density at radius 1 is 1.47 bits per heavy atom. The van der Waals surface area contributed by atoms with Crippen LogP contribution in [0, 0.1) is 0 Å². The fraction of sp³-hybridized carbons (Fsp3) is 0.500. The van der Waals surface area contributed by atoms with E-state index in [4.69, 9.17) is 17.3 Å². The molecule has 19 heavy (non-hydrogen) atoms. The number of nitrogens with two attached hydrogens (primary N) is 1. The molecule has 0 saturated heterocycles. The first kappa shape index (κ1) is 15.8. The molecule has 0 spiro atoms. The van der Waals surface area contributed by atoms with Crippen LogP contribution in [0.2, 0.25) is 5.02 Å². The van der Waals surface area contributed by atoms with E-state index in [-0.39, 0.29) is 22.6 Å². The largest absolute Gasteiger partial charge is 0.506 e. The Kier molecular flexibility index (Phi) is 4.82. The first-order valence-electron chi connectivity index (χ1n) is 6.02. The van der Waals surface area contributed by atoms with Crippen molar-refractivity contribution in [3.8, 4) is 5.75 Å². The highest BCUT2D eigenvalue weighted by atomic mass is 35.5. The Balaban J connectivity index is 3.13. The normalized spacial score (nSPS) is 13.2. The first-order valence-corrected chi connectivity index (χ1v) is 6.40. The van der Waals surface area contributed by atoms with E-state index in [0.29, 0.717) is 5.56 Å². The van der Waals surface area contributed by atoms with Crippen LogP contribution >= 0.6 is 11.6 Å². The Bertz CT molecular complexity index is 480. The summed E-state index contributed by atoms with van der Waals surface area (Å²) in [4.78, 5) is 11.3. The van der Waals surface area contributed by atoms with E-state index in [1.54, 1.807) is 6.07 Å². The third kappa shape index (κ3) is 3.85. The zero-order valence-electron chi connectivity index (χ0n) is 11.7. The maximum absolute atomic E-state index is 11.3. The average molecular weight is 286 g/mol. The van der Waals surface area contributed by atoms with Crippen molar-refractivity contribution in [2.45, 2.75) is 38.6 Å². The fourth-order valence-electron chi connectivity index (χ4n) is 1.72. The molecule has 3 N–H and O–H groups in total. The van der Waals surface area contributed by atoms with E-state index < -0.39 is 12.0 Å². The lowest BCUT2D eigenvalue weighted by Crippen LogP contribution is -2.33. The van der Waals surface area contributed by atoms with Crippen molar-refractivity contribution in [2.75, 3.05) is 7.11 Å². The lowest BCUT2D eigenvalue weighted by atomic mass is 9.85. The number of methoxy groups -OCH3 is 1. The SMILES string of the molecule is COC(=O)C(N)Cc1cc(C(C)(C)C)cc(Cl)c1O. The minimum absolute atomic E-state index is 0.0333. The van der Waals surface area contributed by atoms with Crippen LogP contribution in [0.5, 0.6) is 5.75 Å². The minimum atomic E-state index is -0.817. The number of halogens is 1. The van der Waals surface area contributed by atoms with Crippen molar-refractivity contribution < 1.29 is 14.6 Å². The van der Waals surface area contributed by atoms with E-state index >= 15 is 0 Å². The van der Waals surface area contributed by atoms with Gasteiger partial charge in [0, 0.05) is 6.42 Å². The van der Waals surface area contributed by atoms with Gasteiger partial charge in [-0.3, -0.25) is 4.79 Å². The van der Waals surface area contributed by atoms with Crippen LogP contribution in [0.3, 0.4) is 0 Å². The second-order valence-corrected chi connectivity index (χ2v) is 5.96. The lowest BCUT2D eigenvalue weighted by molar-refractivity contribution is -0.142. The number of phenols is 1. The number of hydrogen-bond donors (Lipinski definition) is 2. The molecule has 0 aliphatic carbocycles. The molecule has 0 aliphatic rings. The van der Waals surface area contributed by atoms with Gasteiger partial charge >= 0.3 is 5.97 Å². The van der Waals surface area contributed by atoms with E-state index in [0.717, 1.165) is 5.56 Å². The highest BCUT2D eigenvalue weighted by Crippen LogP contribution is 2.34. The number of rotatable bonds is 3. The number of esters is 1. The number of ether oxygens (including phenoxy) is 1. The highest BCUT2D eigenvalue weighted by Gasteiger charge is 2.21. The average Bonchev–Trinajstić information content (AvgIpc) is 2.32. The summed E-state index contributed by atoms with van der Waals surface area (Å²) in [5, 5.41) is 10.2. The molecule has 0 saturated carbocycles. The van der Waals surface area contributed by atoms with Gasteiger partial charge in [-0.2, -0.15) is 0 Å². The number of hydrogen-bond acceptors (Lipinski definition) is 4. The van der Waals surface area contributed by atoms with Gasteiger partial charge in [-0.1, -0.05) is 38.4 Å². The number of benzene rings is 1. The maximum Gasteiger partial charge on any atom is 0.322 e. The molecule has 4 nitrogen and oxygen atoms in total.